The number of nitrogens with two attached hydrogens (primary N) is 1. The number of esters is 5. The van der Waals surface area contributed by atoms with Crippen molar-refractivity contribution < 1.29 is 67.4 Å². The number of aliphatic hydroxyl groups is 2. The predicted octanol–water partition coefficient (Wildman–Crippen LogP) is 4.74. The minimum Gasteiger partial charge on any atom is -0.455 e. The van der Waals surface area contributed by atoms with Gasteiger partial charge in [-0.25, -0.2) is 14.4 Å². The molecule has 4 aliphatic carbocycles. The predicted molar refractivity (Wildman–Crippen MR) is 226 cm³/mol. The molecule has 63 heavy (non-hydrogen) atoms. The molecule has 0 unspecified atom stereocenters. The highest BCUT2D eigenvalue weighted by atomic mass is 35.5. The van der Waals surface area contributed by atoms with Crippen molar-refractivity contribution in [2.24, 2.45) is 22.5 Å². The Hall–Kier alpha value is -4.93. The van der Waals surface area contributed by atoms with Crippen LogP contribution in [0.2, 0.25) is 0 Å². The van der Waals surface area contributed by atoms with E-state index in [1.54, 1.807) is 75.4 Å². The third-order valence-corrected chi connectivity index (χ3v) is 14.0. The van der Waals surface area contributed by atoms with Gasteiger partial charge in [0.05, 0.1) is 35.6 Å². The zero-order valence-electron chi connectivity index (χ0n) is 36.2. The number of allylic oxidation sites excluding steroid dienone is 1. The average molecular weight is 894 g/mol. The van der Waals surface area contributed by atoms with E-state index in [4.69, 9.17) is 34.2 Å². The standard InChI is InChI=1S/C47H55NO14.ClH/c1-25-31(59-43(55)37(35(48)28-16-10-7-11-17-28)60-41(53)29-18-12-8-13-19-29)23-47(56)40(61-42(54)30-20-14-9-15-21-30)38-45(6,32(51)22-33-46(38,24-57-33)62-27(3)50)39(52)36(58-26(2)49)34(25)44(47,4)5;/h7,9-11,14-18,20-21,31-33,35-38,40,51,56H,8,12-13,19,22-24,48H2,1-6H3;1H/t31-,32-,33+,35-,36+,37+,38-,40-,45+,46-,47+;/m0./s1. The van der Waals surface area contributed by atoms with Crippen molar-refractivity contribution in [1.29, 1.82) is 0 Å². The molecular weight excluding hydrogens is 838 g/mol. The molecule has 340 valence electrons. The quantitative estimate of drug-likeness (QED) is 0.167. The number of fused-ring (bicyclic) bond motifs is 5. The molecule has 2 aromatic carbocycles. The van der Waals surface area contributed by atoms with Crippen molar-refractivity contribution in [2.75, 3.05) is 6.61 Å². The van der Waals surface area contributed by atoms with Gasteiger partial charge in [0, 0.05) is 37.7 Å². The lowest BCUT2D eigenvalue weighted by Gasteiger charge is -2.67. The van der Waals surface area contributed by atoms with Crippen LogP contribution in [0.25, 0.3) is 0 Å². The maximum Gasteiger partial charge on any atom is 0.350 e. The van der Waals surface area contributed by atoms with E-state index in [0.717, 1.165) is 26.7 Å². The van der Waals surface area contributed by atoms with E-state index in [1.807, 2.05) is 0 Å². The van der Waals surface area contributed by atoms with Crippen molar-refractivity contribution in [3.63, 3.8) is 0 Å². The van der Waals surface area contributed by atoms with Crippen molar-refractivity contribution in [1.82, 2.24) is 0 Å². The second-order valence-corrected chi connectivity index (χ2v) is 17.9. The molecule has 11 atom stereocenters. The molecule has 2 saturated carbocycles. The Bertz CT molecular complexity index is 2190. The van der Waals surface area contributed by atoms with E-state index < -0.39 is 113 Å². The number of halogens is 1. The monoisotopic (exact) mass is 893 g/mol. The van der Waals surface area contributed by atoms with Crippen LogP contribution in [0.15, 0.2) is 83.5 Å². The van der Waals surface area contributed by atoms with Crippen LogP contribution in [-0.4, -0.2) is 100 Å². The number of rotatable bonds is 10. The molecule has 4 N–H and O–H groups in total. The van der Waals surface area contributed by atoms with Crippen molar-refractivity contribution in [2.45, 2.75) is 134 Å². The van der Waals surface area contributed by atoms with Gasteiger partial charge in [0.25, 0.3) is 0 Å². The largest absolute Gasteiger partial charge is 0.455 e. The van der Waals surface area contributed by atoms with Crippen molar-refractivity contribution >= 4 is 48.0 Å². The van der Waals surface area contributed by atoms with Gasteiger partial charge in [0.2, 0.25) is 6.10 Å². The third-order valence-electron chi connectivity index (χ3n) is 14.0. The number of ether oxygens (including phenoxy) is 6. The van der Waals surface area contributed by atoms with E-state index in [-0.39, 0.29) is 42.1 Å². The Balaban J connectivity index is 0.00000661. The smallest absolute Gasteiger partial charge is 0.350 e. The molecule has 1 heterocycles. The number of carbonyl (C=O) groups is 6. The van der Waals surface area contributed by atoms with Gasteiger partial charge in [-0.15, -0.1) is 12.4 Å². The van der Waals surface area contributed by atoms with Crippen LogP contribution in [0.5, 0.6) is 0 Å². The molecule has 1 aliphatic heterocycles. The fourth-order valence-electron chi connectivity index (χ4n) is 10.6. The van der Waals surface area contributed by atoms with E-state index in [0.29, 0.717) is 24.0 Å². The summed E-state index contributed by atoms with van der Waals surface area (Å²) in [4.78, 5) is 84.1. The van der Waals surface area contributed by atoms with Gasteiger partial charge >= 0.3 is 29.8 Å². The summed E-state index contributed by atoms with van der Waals surface area (Å²) < 4.78 is 36.4. The van der Waals surface area contributed by atoms with E-state index in [2.05, 4.69) is 0 Å². The van der Waals surface area contributed by atoms with Crippen LogP contribution in [0.4, 0.5) is 0 Å². The summed E-state index contributed by atoms with van der Waals surface area (Å²) in [5.74, 6) is -6.75. The molecule has 0 radical (unpaired) electrons. The fraction of sp³-hybridized carbons (Fsp3) is 0.532. The lowest BCUT2D eigenvalue weighted by atomic mass is 9.44. The number of carbonyl (C=O) groups excluding carboxylic acids is 6. The van der Waals surface area contributed by atoms with Crippen LogP contribution in [-0.2, 0) is 52.4 Å². The zero-order chi connectivity index (χ0) is 44.9. The van der Waals surface area contributed by atoms with E-state index in [9.17, 15) is 34.2 Å². The molecule has 7 rings (SSSR count). The molecule has 5 aliphatic rings. The van der Waals surface area contributed by atoms with Crippen LogP contribution in [0.3, 0.4) is 0 Å². The van der Waals surface area contributed by atoms with Gasteiger partial charge in [0.15, 0.2) is 17.5 Å². The second kappa shape index (κ2) is 17.9. The number of benzene rings is 2. The Morgan fingerprint density at radius 1 is 0.889 bits per heavy atom. The highest BCUT2D eigenvalue weighted by Gasteiger charge is 2.78. The first-order valence-corrected chi connectivity index (χ1v) is 21.1. The zero-order valence-corrected chi connectivity index (χ0v) is 37.0. The molecule has 1 saturated heterocycles. The van der Waals surface area contributed by atoms with Crippen LogP contribution >= 0.6 is 12.4 Å². The molecule has 3 fully saturated rings. The lowest BCUT2D eigenvalue weighted by Crippen LogP contribution is -2.82. The number of aliphatic hydroxyl groups excluding tert-OH is 1. The molecule has 0 spiro atoms. The van der Waals surface area contributed by atoms with Crippen LogP contribution in [0.1, 0.15) is 102 Å². The van der Waals surface area contributed by atoms with Gasteiger partial charge < -0.3 is 44.4 Å². The van der Waals surface area contributed by atoms with Crippen molar-refractivity contribution in [3.05, 3.63) is 94.6 Å². The number of ketones is 1. The van der Waals surface area contributed by atoms with Gasteiger partial charge in [-0.1, -0.05) is 68.5 Å². The van der Waals surface area contributed by atoms with Gasteiger partial charge in [0.1, 0.15) is 23.9 Å². The summed E-state index contributed by atoms with van der Waals surface area (Å²) in [6.45, 7) is 8.11. The maximum absolute atomic E-state index is 15.5. The summed E-state index contributed by atoms with van der Waals surface area (Å²) in [5.41, 5.74) is 0.0504. The Labute approximate surface area is 372 Å². The minimum absolute atomic E-state index is 0. The van der Waals surface area contributed by atoms with E-state index in [1.165, 1.54) is 19.1 Å². The highest BCUT2D eigenvalue weighted by Crippen LogP contribution is 2.64. The number of Topliss-reactive ketones (excluding diaryl/α,β-unsaturated/α-hetero) is 1. The molecule has 16 heteroatoms. The molecular formula is C47H56ClNO14. The third kappa shape index (κ3) is 8.11. The first kappa shape index (κ1) is 47.5. The molecule has 15 nitrogen and oxygen atoms in total. The normalized spacial score (nSPS) is 32.8. The average Bonchev–Trinajstić information content (AvgIpc) is 3.24. The topological polar surface area (TPSA) is 224 Å². The van der Waals surface area contributed by atoms with Gasteiger partial charge in [-0.05, 0) is 68.4 Å². The Kier molecular flexibility index (Phi) is 13.5. The Morgan fingerprint density at radius 2 is 1.54 bits per heavy atom. The summed E-state index contributed by atoms with van der Waals surface area (Å²) in [6.07, 6.45) is -5.50. The molecule has 2 bridgehead atoms. The van der Waals surface area contributed by atoms with Crippen LogP contribution in [0, 0.1) is 16.7 Å². The first-order chi connectivity index (χ1) is 29.3. The molecule has 2 aromatic rings. The summed E-state index contributed by atoms with van der Waals surface area (Å²) in [6, 6.07) is 15.2. The number of hydrogen-bond acceptors (Lipinski definition) is 15. The fourth-order valence-corrected chi connectivity index (χ4v) is 10.6. The number of hydrogen-bond donors (Lipinski definition) is 3. The Morgan fingerprint density at radius 3 is 2.11 bits per heavy atom. The van der Waals surface area contributed by atoms with Gasteiger partial charge in [-0.2, -0.15) is 0 Å². The first-order valence-electron chi connectivity index (χ1n) is 21.1. The lowest BCUT2D eigenvalue weighted by molar-refractivity contribution is -0.346. The summed E-state index contributed by atoms with van der Waals surface area (Å²) >= 11 is 0. The maximum atomic E-state index is 15.5. The van der Waals surface area contributed by atoms with Crippen LogP contribution < -0.4 is 5.73 Å². The molecule has 0 amide bonds. The summed E-state index contributed by atoms with van der Waals surface area (Å²) in [7, 11) is 0. The summed E-state index contributed by atoms with van der Waals surface area (Å²) in [5, 5.41) is 25.8. The molecule has 0 aromatic heterocycles. The second-order valence-electron chi connectivity index (χ2n) is 17.9. The van der Waals surface area contributed by atoms with E-state index >= 15 is 4.79 Å². The van der Waals surface area contributed by atoms with Crippen molar-refractivity contribution in [3.8, 4) is 0 Å². The van der Waals surface area contributed by atoms with Gasteiger partial charge in [-0.3, -0.25) is 14.4 Å². The highest BCUT2D eigenvalue weighted by molar-refractivity contribution is 5.96. The SMILES string of the molecule is CC(=O)O[C@H]1C(=O)[C@@]2(C)[C@H]([C@H](OC(=O)c3ccccc3)[C@]3(O)C[C@H](OC(=O)[C@H](OC(=O)C4=CCCCC4)[C@@H](N)c4ccccc4)C(C)=C1C3(C)C)[C@]1(OC(C)=O)CO[C@@H]1C[C@@H]2O.Cl. The minimum atomic E-state index is -2.37.